The standard InChI is InChI=1S/C23H24BrN7O2/c1-16-25-5-6-30(16)21-13-20(26-15-27-21)28-7-9-29(10-8-28)23(33)17-11-22(32)31(14-17)19-4-2-3-18(24)12-19/h2-6,12-13,15,17H,7-11,14H2,1H3. The van der Waals surface area contributed by atoms with E-state index >= 15 is 0 Å². The SMILES string of the molecule is Cc1nccn1-c1cc(N2CCN(C(=O)C3CC(=O)N(c4cccc(Br)c4)C3)CC2)ncn1. The number of amides is 2. The average Bonchev–Trinajstić information content (AvgIpc) is 3.44. The van der Waals surface area contributed by atoms with Gasteiger partial charge in [0.15, 0.2) is 0 Å². The Hall–Kier alpha value is -3.27. The van der Waals surface area contributed by atoms with Crippen molar-refractivity contribution in [2.75, 3.05) is 42.5 Å². The van der Waals surface area contributed by atoms with E-state index in [4.69, 9.17) is 0 Å². The summed E-state index contributed by atoms with van der Waals surface area (Å²) in [5.74, 6) is 2.20. The molecule has 0 aliphatic carbocycles. The summed E-state index contributed by atoms with van der Waals surface area (Å²) >= 11 is 3.45. The summed E-state index contributed by atoms with van der Waals surface area (Å²) < 4.78 is 2.83. The van der Waals surface area contributed by atoms with Crippen LogP contribution in [0.5, 0.6) is 0 Å². The Bertz CT molecular complexity index is 1190. The first-order chi connectivity index (χ1) is 16.0. The smallest absolute Gasteiger partial charge is 0.228 e. The largest absolute Gasteiger partial charge is 0.353 e. The van der Waals surface area contributed by atoms with Gasteiger partial charge in [0, 0.05) is 67.8 Å². The second-order valence-corrected chi connectivity index (χ2v) is 9.19. The number of anilines is 2. The number of aryl methyl sites for hydroxylation is 1. The lowest BCUT2D eigenvalue weighted by Gasteiger charge is -2.36. The Kier molecular flexibility index (Phi) is 5.84. The Morgan fingerprint density at radius 1 is 1.06 bits per heavy atom. The van der Waals surface area contributed by atoms with Crippen LogP contribution in [0, 0.1) is 12.8 Å². The van der Waals surface area contributed by atoms with Crippen LogP contribution in [0.2, 0.25) is 0 Å². The molecule has 3 aromatic rings. The Morgan fingerprint density at radius 3 is 2.58 bits per heavy atom. The molecular formula is C23H24BrN7O2. The number of imidazole rings is 1. The average molecular weight is 510 g/mol. The summed E-state index contributed by atoms with van der Waals surface area (Å²) in [5.41, 5.74) is 0.821. The highest BCUT2D eigenvalue weighted by atomic mass is 79.9. The van der Waals surface area contributed by atoms with Gasteiger partial charge in [-0.3, -0.25) is 14.2 Å². The number of rotatable bonds is 4. The monoisotopic (exact) mass is 509 g/mol. The van der Waals surface area contributed by atoms with Crippen LogP contribution in [0.4, 0.5) is 11.5 Å². The van der Waals surface area contributed by atoms with Gasteiger partial charge in [-0.05, 0) is 25.1 Å². The zero-order valence-corrected chi connectivity index (χ0v) is 19.8. The molecule has 2 aromatic heterocycles. The molecule has 0 radical (unpaired) electrons. The Balaban J connectivity index is 1.21. The minimum absolute atomic E-state index is 0.00611. The first kappa shape index (κ1) is 21.6. The molecule has 2 fully saturated rings. The van der Waals surface area contributed by atoms with E-state index in [1.165, 1.54) is 0 Å². The normalized spacial score (nSPS) is 18.8. The summed E-state index contributed by atoms with van der Waals surface area (Å²) in [4.78, 5) is 44.5. The second kappa shape index (κ2) is 8.93. The molecule has 170 valence electrons. The molecule has 9 nitrogen and oxygen atoms in total. The quantitative estimate of drug-likeness (QED) is 0.536. The summed E-state index contributed by atoms with van der Waals surface area (Å²) in [6.45, 7) is 4.92. The van der Waals surface area contributed by atoms with Gasteiger partial charge in [0.05, 0.1) is 5.92 Å². The van der Waals surface area contributed by atoms with E-state index in [-0.39, 0.29) is 24.2 Å². The molecule has 0 bridgehead atoms. The van der Waals surface area contributed by atoms with Gasteiger partial charge in [0.1, 0.15) is 23.8 Å². The molecule has 4 heterocycles. The van der Waals surface area contributed by atoms with Gasteiger partial charge in [-0.25, -0.2) is 15.0 Å². The molecule has 1 atom stereocenters. The van der Waals surface area contributed by atoms with Crippen LogP contribution in [0.25, 0.3) is 5.82 Å². The van der Waals surface area contributed by atoms with E-state index in [1.54, 1.807) is 17.4 Å². The summed E-state index contributed by atoms with van der Waals surface area (Å²) in [6, 6.07) is 9.56. The molecule has 0 spiro atoms. The Morgan fingerprint density at radius 2 is 1.85 bits per heavy atom. The molecule has 33 heavy (non-hydrogen) atoms. The first-order valence-corrected chi connectivity index (χ1v) is 11.7. The number of piperazine rings is 1. The second-order valence-electron chi connectivity index (χ2n) is 8.28. The van der Waals surface area contributed by atoms with E-state index in [2.05, 4.69) is 35.8 Å². The van der Waals surface area contributed by atoms with Gasteiger partial charge in [0.25, 0.3) is 0 Å². The van der Waals surface area contributed by atoms with Crippen molar-refractivity contribution in [3.63, 3.8) is 0 Å². The highest BCUT2D eigenvalue weighted by molar-refractivity contribution is 9.10. The maximum Gasteiger partial charge on any atom is 0.228 e. The Labute approximate surface area is 200 Å². The topological polar surface area (TPSA) is 87.5 Å². The minimum Gasteiger partial charge on any atom is -0.353 e. The highest BCUT2D eigenvalue weighted by Crippen LogP contribution is 2.28. The van der Waals surface area contributed by atoms with Gasteiger partial charge in [0.2, 0.25) is 11.8 Å². The molecule has 1 unspecified atom stereocenters. The maximum absolute atomic E-state index is 13.2. The molecule has 2 aliphatic rings. The van der Waals surface area contributed by atoms with Gasteiger partial charge in [-0.1, -0.05) is 22.0 Å². The first-order valence-electron chi connectivity index (χ1n) is 10.9. The molecule has 1 aromatic carbocycles. The molecule has 0 N–H and O–H groups in total. The summed E-state index contributed by atoms with van der Waals surface area (Å²) in [6.07, 6.45) is 5.43. The molecule has 0 saturated carbocycles. The zero-order chi connectivity index (χ0) is 22.9. The van der Waals surface area contributed by atoms with E-state index < -0.39 is 0 Å². The van der Waals surface area contributed by atoms with Crippen molar-refractivity contribution in [3.05, 3.63) is 59.3 Å². The van der Waals surface area contributed by atoms with Gasteiger partial charge in [-0.2, -0.15) is 0 Å². The molecule has 2 aliphatic heterocycles. The van der Waals surface area contributed by atoms with Gasteiger partial charge >= 0.3 is 0 Å². The molecule has 5 rings (SSSR count). The lowest BCUT2D eigenvalue weighted by atomic mass is 10.1. The number of halogens is 1. The lowest BCUT2D eigenvalue weighted by molar-refractivity contribution is -0.136. The zero-order valence-electron chi connectivity index (χ0n) is 18.3. The maximum atomic E-state index is 13.2. The van der Waals surface area contributed by atoms with Gasteiger partial charge < -0.3 is 14.7 Å². The fourth-order valence-electron chi connectivity index (χ4n) is 4.44. The molecule has 2 saturated heterocycles. The molecule has 2 amide bonds. The number of nitrogens with zero attached hydrogens (tertiary/aromatic N) is 7. The van der Waals surface area contributed by atoms with Crippen LogP contribution >= 0.6 is 15.9 Å². The van der Waals surface area contributed by atoms with Crippen LogP contribution in [0.15, 0.2) is 53.5 Å². The number of carbonyl (C=O) groups is 2. The molecule has 10 heteroatoms. The van der Waals surface area contributed by atoms with Crippen molar-refractivity contribution in [3.8, 4) is 5.82 Å². The van der Waals surface area contributed by atoms with Crippen LogP contribution in [-0.4, -0.2) is 69.0 Å². The van der Waals surface area contributed by atoms with Crippen LogP contribution in [0.3, 0.4) is 0 Å². The van der Waals surface area contributed by atoms with Crippen molar-refractivity contribution in [1.29, 1.82) is 0 Å². The van der Waals surface area contributed by atoms with Crippen molar-refractivity contribution in [2.45, 2.75) is 13.3 Å². The third-order valence-electron chi connectivity index (χ3n) is 6.22. The van der Waals surface area contributed by atoms with E-state index in [0.29, 0.717) is 32.7 Å². The number of aromatic nitrogens is 4. The number of hydrogen-bond acceptors (Lipinski definition) is 6. The fourth-order valence-corrected chi connectivity index (χ4v) is 4.83. The van der Waals surface area contributed by atoms with Gasteiger partial charge in [-0.15, -0.1) is 0 Å². The number of hydrogen-bond donors (Lipinski definition) is 0. The highest BCUT2D eigenvalue weighted by Gasteiger charge is 2.38. The third-order valence-corrected chi connectivity index (χ3v) is 6.71. The number of benzene rings is 1. The summed E-state index contributed by atoms with van der Waals surface area (Å²) in [5, 5.41) is 0. The van der Waals surface area contributed by atoms with E-state index in [1.807, 2.05) is 52.9 Å². The number of carbonyl (C=O) groups excluding carboxylic acids is 2. The van der Waals surface area contributed by atoms with E-state index in [0.717, 1.165) is 27.6 Å². The minimum atomic E-state index is -0.307. The molecular weight excluding hydrogens is 486 g/mol. The fraction of sp³-hybridized carbons (Fsp3) is 0.348. The predicted molar refractivity (Wildman–Crippen MR) is 127 cm³/mol. The van der Waals surface area contributed by atoms with Crippen molar-refractivity contribution in [2.24, 2.45) is 5.92 Å². The van der Waals surface area contributed by atoms with Crippen molar-refractivity contribution in [1.82, 2.24) is 24.4 Å². The van der Waals surface area contributed by atoms with Crippen LogP contribution in [0.1, 0.15) is 12.2 Å². The van der Waals surface area contributed by atoms with Crippen LogP contribution in [-0.2, 0) is 9.59 Å². The lowest BCUT2D eigenvalue weighted by Crippen LogP contribution is -2.51. The third kappa shape index (κ3) is 4.35. The van der Waals surface area contributed by atoms with Crippen molar-refractivity contribution >= 4 is 39.2 Å². The predicted octanol–water partition coefficient (Wildman–Crippen LogP) is 2.43. The van der Waals surface area contributed by atoms with Crippen molar-refractivity contribution < 1.29 is 9.59 Å². The van der Waals surface area contributed by atoms with Crippen LogP contribution < -0.4 is 9.80 Å². The summed E-state index contributed by atoms with van der Waals surface area (Å²) in [7, 11) is 0. The van der Waals surface area contributed by atoms with E-state index in [9.17, 15) is 9.59 Å².